The van der Waals surface area contributed by atoms with E-state index in [1.807, 2.05) is 24.3 Å². The third-order valence-electron chi connectivity index (χ3n) is 5.44. The van der Waals surface area contributed by atoms with Crippen LogP contribution in [-0.4, -0.2) is 56.1 Å². The molecule has 1 N–H and O–H groups in total. The molecule has 1 saturated heterocycles. The summed E-state index contributed by atoms with van der Waals surface area (Å²) in [5, 5.41) is 12.0. The average Bonchev–Trinajstić information content (AvgIpc) is 3.32. The lowest BCUT2D eigenvalue weighted by Gasteiger charge is -2.31. The van der Waals surface area contributed by atoms with Crippen molar-refractivity contribution >= 4 is 32.4 Å². The predicted octanol–water partition coefficient (Wildman–Crippen LogP) is 3.26. The molecule has 1 atom stereocenters. The Morgan fingerprint density at radius 3 is 2.30 bits per heavy atom. The number of hydrogen-bond donors (Lipinski definition) is 1. The average molecular weight is 489 g/mol. The normalized spacial score (nSPS) is 16.8. The molecule has 3 aromatic rings. The highest BCUT2D eigenvalue weighted by Gasteiger charge is 2.33. The van der Waals surface area contributed by atoms with Gasteiger partial charge >= 0.3 is 0 Å². The molecule has 0 radical (unpaired) electrons. The van der Waals surface area contributed by atoms with Crippen molar-refractivity contribution in [3.63, 3.8) is 0 Å². The molecular formula is C22H24N4O5S2. The van der Waals surface area contributed by atoms with Crippen LogP contribution in [-0.2, 0) is 14.8 Å². The highest BCUT2D eigenvalue weighted by Crippen LogP contribution is 2.29. The van der Waals surface area contributed by atoms with Crippen LogP contribution in [0.2, 0.25) is 0 Å². The van der Waals surface area contributed by atoms with Crippen molar-refractivity contribution in [2.45, 2.75) is 17.7 Å². The standard InChI is InChI=1S/C22H24N4O5S2/c1-30-17-7-5-15(6-8-17)21-24-25-22(32-21)23-20(27)16-4-3-13-26(14-16)33(28,29)19-11-9-18(31-2)10-12-19/h5-12,16H,3-4,13-14H2,1-2H3,(H,23,25,27)/t16-/m1/s1. The Hall–Kier alpha value is -3.02. The molecule has 1 fully saturated rings. The molecule has 4 rings (SSSR count). The summed E-state index contributed by atoms with van der Waals surface area (Å²) in [7, 11) is -0.579. The molecule has 0 spiro atoms. The second-order valence-electron chi connectivity index (χ2n) is 7.51. The Morgan fingerprint density at radius 1 is 1.03 bits per heavy atom. The van der Waals surface area contributed by atoms with Crippen LogP contribution in [0.4, 0.5) is 5.13 Å². The first-order valence-electron chi connectivity index (χ1n) is 10.3. The first-order chi connectivity index (χ1) is 15.9. The zero-order valence-electron chi connectivity index (χ0n) is 18.2. The number of hydrogen-bond acceptors (Lipinski definition) is 8. The van der Waals surface area contributed by atoms with E-state index in [0.29, 0.717) is 35.3 Å². The van der Waals surface area contributed by atoms with Crippen molar-refractivity contribution < 1.29 is 22.7 Å². The number of benzene rings is 2. The quantitative estimate of drug-likeness (QED) is 0.543. The number of anilines is 1. The molecule has 33 heavy (non-hydrogen) atoms. The summed E-state index contributed by atoms with van der Waals surface area (Å²) in [5.74, 6) is 0.585. The van der Waals surface area contributed by atoms with E-state index in [1.54, 1.807) is 19.2 Å². The number of nitrogens with one attached hydrogen (secondary N) is 1. The monoisotopic (exact) mass is 488 g/mol. The molecule has 2 aromatic carbocycles. The number of methoxy groups -OCH3 is 2. The third-order valence-corrected chi connectivity index (χ3v) is 8.21. The summed E-state index contributed by atoms with van der Waals surface area (Å²) in [4.78, 5) is 13.0. The van der Waals surface area contributed by atoms with Gasteiger partial charge in [-0.25, -0.2) is 8.42 Å². The number of aromatic nitrogens is 2. The summed E-state index contributed by atoms with van der Waals surface area (Å²) in [6.45, 7) is 0.489. The summed E-state index contributed by atoms with van der Waals surface area (Å²) < 4.78 is 37.7. The molecule has 0 unspecified atom stereocenters. The maximum Gasteiger partial charge on any atom is 0.243 e. The molecule has 0 saturated carbocycles. The lowest BCUT2D eigenvalue weighted by molar-refractivity contribution is -0.120. The van der Waals surface area contributed by atoms with Gasteiger partial charge in [-0.3, -0.25) is 4.79 Å². The Labute approximate surface area is 196 Å². The van der Waals surface area contributed by atoms with Crippen molar-refractivity contribution in [2.24, 2.45) is 5.92 Å². The zero-order valence-corrected chi connectivity index (χ0v) is 19.9. The van der Waals surface area contributed by atoms with Crippen LogP contribution in [0, 0.1) is 5.92 Å². The van der Waals surface area contributed by atoms with Gasteiger partial charge in [0.1, 0.15) is 16.5 Å². The van der Waals surface area contributed by atoms with E-state index in [-0.39, 0.29) is 17.3 Å². The number of sulfonamides is 1. The maximum absolute atomic E-state index is 13.0. The Balaban J connectivity index is 1.42. The van der Waals surface area contributed by atoms with Gasteiger partial charge in [-0.2, -0.15) is 4.31 Å². The number of nitrogens with zero attached hydrogens (tertiary/aromatic N) is 3. The molecule has 174 valence electrons. The largest absolute Gasteiger partial charge is 0.497 e. The molecule has 0 bridgehead atoms. The van der Waals surface area contributed by atoms with Gasteiger partial charge in [-0.15, -0.1) is 10.2 Å². The maximum atomic E-state index is 13.0. The number of amides is 1. The minimum absolute atomic E-state index is 0.115. The van der Waals surface area contributed by atoms with E-state index in [2.05, 4.69) is 15.5 Å². The van der Waals surface area contributed by atoms with Crippen LogP contribution in [0.1, 0.15) is 12.8 Å². The molecular weight excluding hydrogens is 464 g/mol. The molecule has 1 aliphatic heterocycles. The van der Waals surface area contributed by atoms with Crippen LogP contribution >= 0.6 is 11.3 Å². The minimum atomic E-state index is -3.70. The van der Waals surface area contributed by atoms with E-state index in [1.165, 1.54) is 34.9 Å². The van der Waals surface area contributed by atoms with E-state index < -0.39 is 15.9 Å². The number of carbonyl (C=O) groups excluding carboxylic acids is 1. The fraction of sp³-hybridized carbons (Fsp3) is 0.318. The molecule has 2 heterocycles. The van der Waals surface area contributed by atoms with Crippen LogP contribution in [0.15, 0.2) is 53.4 Å². The molecule has 1 aliphatic rings. The van der Waals surface area contributed by atoms with E-state index >= 15 is 0 Å². The molecule has 9 nitrogen and oxygen atoms in total. The number of piperidine rings is 1. The van der Waals surface area contributed by atoms with Gasteiger partial charge in [0.05, 0.1) is 25.0 Å². The second kappa shape index (κ2) is 9.86. The van der Waals surface area contributed by atoms with Gasteiger partial charge < -0.3 is 14.8 Å². The Morgan fingerprint density at radius 2 is 1.67 bits per heavy atom. The van der Waals surface area contributed by atoms with Gasteiger partial charge in [0.25, 0.3) is 0 Å². The molecule has 1 aromatic heterocycles. The Kier molecular flexibility index (Phi) is 6.91. The Bertz CT molecular complexity index is 1210. The van der Waals surface area contributed by atoms with Crippen molar-refractivity contribution in [3.05, 3.63) is 48.5 Å². The lowest BCUT2D eigenvalue weighted by Crippen LogP contribution is -2.43. The van der Waals surface area contributed by atoms with E-state index in [0.717, 1.165) is 11.3 Å². The summed E-state index contributed by atoms with van der Waals surface area (Å²) in [6, 6.07) is 13.6. The highest BCUT2D eigenvalue weighted by atomic mass is 32.2. The molecule has 0 aliphatic carbocycles. The SMILES string of the molecule is COc1ccc(-c2nnc(NC(=O)[C@@H]3CCCN(S(=O)(=O)c4ccc(OC)cc4)C3)s2)cc1. The van der Waals surface area contributed by atoms with Crippen molar-refractivity contribution in [1.82, 2.24) is 14.5 Å². The van der Waals surface area contributed by atoms with Crippen molar-refractivity contribution in [1.29, 1.82) is 0 Å². The number of ether oxygens (including phenoxy) is 2. The van der Waals surface area contributed by atoms with Crippen LogP contribution < -0.4 is 14.8 Å². The molecule has 11 heteroatoms. The fourth-order valence-electron chi connectivity index (χ4n) is 3.60. The fourth-order valence-corrected chi connectivity index (χ4v) is 5.88. The van der Waals surface area contributed by atoms with Crippen LogP contribution in [0.25, 0.3) is 10.6 Å². The van der Waals surface area contributed by atoms with Crippen LogP contribution in [0.5, 0.6) is 11.5 Å². The first kappa shape index (κ1) is 23.1. The predicted molar refractivity (Wildman–Crippen MR) is 125 cm³/mol. The highest BCUT2D eigenvalue weighted by molar-refractivity contribution is 7.89. The second-order valence-corrected chi connectivity index (χ2v) is 10.4. The van der Waals surface area contributed by atoms with Gasteiger partial charge in [-0.05, 0) is 61.4 Å². The van der Waals surface area contributed by atoms with Gasteiger partial charge in [0.15, 0.2) is 0 Å². The number of rotatable bonds is 7. The number of carbonyl (C=O) groups is 1. The third kappa shape index (κ3) is 5.15. The van der Waals surface area contributed by atoms with Crippen molar-refractivity contribution in [3.8, 4) is 22.1 Å². The van der Waals surface area contributed by atoms with Crippen LogP contribution in [0.3, 0.4) is 0 Å². The first-order valence-corrected chi connectivity index (χ1v) is 12.6. The smallest absolute Gasteiger partial charge is 0.243 e. The minimum Gasteiger partial charge on any atom is -0.497 e. The zero-order chi connectivity index (χ0) is 23.4. The van der Waals surface area contributed by atoms with E-state index in [9.17, 15) is 13.2 Å². The lowest BCUT2D eigenvalue weighted by atomic mass is 9.99. The van der Waals surface area contributed by atoms with Gasteiger partial charge in [0.2, 0.25) is 21.1 Å². The molecule has 1 amide bonds. The summed E-state index contributed by atoms with van der Waals surface area (Å²) >= 11 is 1.26. The summed E-state index contributed by atoms with van der Waals surface area (Å²) in [5.41, 5.74) is 0.864. The van der Waals surface area contributed by atoms with Gasteiger partial charge in [0, 0.05) is 18.7 Å². The van der Waals surface area contributed by atoms with E-state index in [4.69, 9.17) is 9.47 Å². The van der Waals surface area contributed by atoms with Gasteiger partial charge in [-0.1, -0.05) is 11.3 Å². The summed E-state index contributed by atoms with van der Waals surface area (Å²) in [6.07, 6.45) is 1.20. The van der Waals surface area contributed by atoms with Crippen molar-refractivity contribution in [2.75, 3.05) is 32.6 Å². The topological polar surface area (TPSA) is 111 Å².